The summed E-state index contributed by atoms with van der Waals surface area (Å²) in [5.41, 5.74) is 7.53. The SMILES string of the molecule is Cc1ccccc1NCCN(CCNc1ccccc1C)CCNc1ccccc1C. The van der Waals surface area contributed by atoms with Gasteiger partial charge in [0.2, 0.25) is 0 Å². The van der Waals surface area contributed by atoms with Crippen LogP contribution in [0.1, 0.15) is 16.7 Å². The summed E-state index contributed by atoms with van der Waals surface area (Å²) < 4.78 is 0. The van der Waals surface area contributed by atoms with Gasteiger partial charge in [-0.3, -0.25) is 4.90 Å². The third-order valence-corrected chi connectivity index (χ3v) is 5.67. The maximum Gasteiger partial charge on any atom is 0.0370 e. The van der Waals surface area contributed by atoms with Crippen molar-refractivity contribution in [3.63, 3.8) is 0 Å². The molecule has 4 nitrogen and oxygen atoms in total. The first kappa shape index (κ1) is 22.7. The van der Waals surface area contributed by atoms with Crippen LogP contribution in [-0.2, 0) is 0 Å². The van der Waals surface area contributed by atoms with Crippen molar-refractivity contribution in [2.75, 3.05) is 55.2 Å². The minimum absolute atomic E-state index is 0.930. The minimum Gasteiger partial charge on any atom is -0.384 e. The zero-order valence-corrected chi connectivity index (χ0v) is 19.1. The number of para-hydroxylation sites is 3. The van der Waals surface area contributed by atoms with Crippen molar-refractivity contribution >= 4 is 17.1 Å². The summed E-state index contributed by atoms with van der Waals surface area (Å²) in [7, 11) is 0. The molecule has 0 unspecified atom stereocenters. The van der Waals surface area contributed by atoms with Crippen molar-refractivity contribution < 1.29 is 0 Å². The van der Waals surface area contributed by atoms with Crippen LogP contribution in [0.15, 0.2) is 72.8 Å². The third-order valence-electron chi connectivity index (χ3n) is 5.67. The predicted molar refractivity (Wildman–Crippen MR) is 135 cm³/mol. The molecule has 3 N–H and O–H groups in total. The topological polar surface area (TPSA) is 39.3 Å². The molecule has 4 heteroatoms. The van der Waals surface area contributed by atoms with Crippen LogP contribution in [0.3, 0.4) is 0 Å². The first-order chi connectivity index (χ1) is 15.1. The van der Waals surface area contributed by atoms with Crippen LogP contribution in [0.25, 0.3) is 0 Å². The number of anilines is 3. The molecule has 0 amide bonds. The maximum atomic E-state index is 3.60. The first-order valence-electron chi connectivity index (χ1n) is 11.2. The molecule has 0 aliphatic carbocycles. The minimum atomic E-state index is 0.930. The van der Waals surface area contributed by atoms with Crippen LogP contribution in [-0.4, -0.2) is 44.2 Å². The van der Waals surface area contributed by atoms with E-state index >= 15 is 0 Å². The summed E-state index contributed by atoms with van der Waals surface area (Å²) >= 11 is 0. The van der Waals surface area contributed by atoms with Gasteiger partial charge in [0, 0.05) is 56.3 Å². The van der Waals surface area contributed by atoms with E-state index in [1.165, 1.54) is 33.8 Å². The van der Waals surface area contributed by atoms with Gasteiger partial charge in [-0.15, -0.1) is 0 Å². The van der Waals surface area contributed by atoms with Crippen molar-refractivity contribution in [2.45, 2.75) is 20.8 Å². The van der Waals surface area contributed by atoms with Gasteiger partial charge in [0.05, 0.1) is 0 Å². The highest BCUT2D eigenvalue weighted by Gasteiger charge is 2.06. The molecular formula is C27H36N4. The second kappa shape index (κ2) is 12.0. The molecule has 0 radical (unpaired) electrons. The molecule has 0 fully saturated rings. The lowest BCUT2D eigenvalue weighted by atomic mass is 10.2. The van der Waals surface area contributed by atoms with E-state index in [0.29, 0.717) is 0 Å². The van der Waals surface area contributed by atoms with Crippen molar-refractivity contribution in [3.05, 3.63) is 89.5 Å². The second-order valence-corrected chi connectivity index (χ2v) is 8.07. The van der Waals surface area contributed by atoms with Gasteiger partial charge in [-0.2, -0.15) is 0 Å². The fraction of sp³-hybridized carbons (Fsp3) is 0.333. The van der Waals surface area contributed by atoms with Gasteiger partial charge in [0.15, 0.2) is 0 Å². The number of benzene rings is 3. The molecule has 0 aromatic heterocycles. The Morgan fingerprint density at radius 3 is 1.06 bits per heavy atom. The number of nitrogens with zero attached hydrogens (tertiary/aromatic N) is 1. The molecule has 31 heavy (non-hydrogen) atoms. The molecule has 0 aliphatic rings. The molecule has 3 rings (SSSR count). The Bertz CT molecular complexity index is 815. The van der Waals surface area contributed by atoms with Crippen LogP contribution in [0.5, 0.6) is 0 Å². The zero-order valence-electron chi connectivity index (χ0n) is 19.1. The Morgan fingerprint density at radius 2 is 0.774 bits per heavy atom. The normalized spacial score (nSPS) is 10.8. The van der Waals surface area contributed by atoms with Crippen molar-refractivity contribution in [2.24, 2.45) is 0 Å². The fourth-order valence-corrected chi connectivity index (χ4v) is 3.70. The van der Waals surface area contributed by atoms with Gasteiger partial charge in [-0.25, -0.2) is 0 Å². The van der Waals surface area contributed by atoms with Crippen LogP contribution in [0.4, 0.5) is 17.1 Å². The Balaban J connectivity index is 1.51. The standard InChI is InChI=1S/C27H36N4/c1-22-10-4-7-13-25(22)28-16-19-31(20-17-29-26-14-8-5-11-23(26)2)21-18-30-27-15-9-6-12-24(27)3/h4-15,28-30H,16-21H2,1-3H3. The molecule has 0 bridgehead atoms. The Kier molecular flexibility index (Phi) is 8.80. The molecular weight excluding hydrogens is 380 g/mol. The Hall–Kier alpha value is -2.98. The summed E-state index contributed by atoms with van der Waals surface area (Å²) in [5, 5.41) is 10.8. The number of hydrogen-bond acceptors (Lipinski definition) is 4. The van der Waals surface area contributed by atoms with Gasteiger partial charge >= 0.3 is 0 Å². The lowest BCUT2D eigenvalue weighted by Crippen LogP contribution is -2.36. The number of aryl methyl sites for hydroxylation is 3. The number of nitrogens with one attached hydrogen (secondary N) is 3. The Labute approximate surface area is 187 Å². The number of hydrogen-bond donors (Lipinski definition) is 3. The third kappa shape index (κ3) is 7.34. The lowest BCUT2D eigenvalue weighted by Gasteiger charge is -2.24. The molecule has 164 valence electrons. The van der Waals surface area contributed by atoms with E-state index in [-0.39, 0.29) is 0 Å². The number of rotatable bonds is 12. The van der Waals surface area contributed by atoms with Crippen molar-refractivity contribution in [1.29, 1.82) is 0 Å². The molecule has 0 saturated heterocycles. The van der Waals surface area contributed by atoms with E-state index < -0.39 is 0 Å². The zero-order chi connectivity index (χ0) is 21.9. The highest BCUT2D eigenvalue weighted by atomic mass is 15.2. The van der Waals surface area contributed by atoms with Gasteiger partial charge in [0.1, 0.15) is 0 Å². The maximum absolute atomic E-state index is 3.60. The van der Waals surface area contributed by atoms with Crippen LogP contribution in [0, 0.1) is 20.8 Å². The average molecular weight is 417 g/mol. The summed E-state index contributed by atoms with van der Waals surface area (Å²) in [4.78, 5) is 2.52. The highest BCUT2D eigenvalue weighted by molar-refractivity contribution is 5.51. The average Bonchev–Trinajstić information content (AvgIpc) is 2.77. The molecule has 3 aromatic rings. The van der Waals surface area contributed by atoms with E-state index in [1.807, 2.05) is 0 Å². The van der Waals surface area contributed by atoms with Crippen LogP contribution in [0.2, 0.25) is 0 Å². The van der Waals surface area contributed by atoms with Gasteiger partial charge < -0.3 is 16.0 Å². The highest BCUT2D eigenvalue weighted by Crippen LogP contribution is 2.14. The molecule has 0 aliphatic heterocycles. The molecule has 0 spiro atoms. The summed E-state index contributed by atoms with van der Waals surface area (Å²) in [6.45, 7) is 12.2. The van der Waals surface area contributed by atoms with E-state index in [1.54, 1.807) is 0 Å². The fourth-order valence-electron chi connectivity index (χ4n) is 3.70. The lowest BCUT2D eigenvalue weighted by molar-refractivity contribution is 0.306. The quantitative estimate of drug-likeness (QED) is 0.362. The molecule has 0 saturated carbocycles. The van der Waals surface area contributed by atoms with Crippen LogP contribution >= 0.6 is 0 Å². The van der Waals surface area contributed by atoms with Gasteiger partial charge in [0.25, 0.3) is 0 Å². The van der Waals surface area contributed by atoms with Gasteiger partial charge in [-0.1, -0.05) is 54.6 Å². The molecule has 3 aromatic carbocycles. The van der Waals surface area contributed by atoms with E-state index in [4.69, 9.17) is 0 Å². The Morgan fingerprint density at radius 1 is 0.484 bits per heavy atom. The first-order valence-corrected chi connectivity index (χ1v) is 11.2. The molecule has 0 heterocycles. The van der Waals surface area contributed by atoms with Crippen LogP contribution < -0.4 is 16.0 Å². The summed E-state index contributed by atoms with van der Waals surface area (Å²) in [5.74, 6) is 0. The van der Waals surface area contributed by atoms with Crippen molar-refractivity contribution in [3.8, 4) is 0 Å². The summed E-state index contributed by atoms with van der Waals surface area (Å²) in [6.07, 6.45) is 0. The monoisotopic (exact) mass is 416 g/mol. The van der Waals surface area contributed by atoms with Crippen molar-refractivity contribution in [1.82, 2.24) is 4.90 Å². The van der Waals surface area contributed by atoms with E-state index in [2.05, 4.69) is 114 Å². The molecule has 0 atom stereocenters. The van der Waals surface area contributed by atoms with E-state index in [0.717, 1.165) is 39.3 Å². The largest absolute Gasteiger partial charge is 0.384 e. The summed E-state index contributed by atoms with van der Waals surface area (Å²) in [6, 6.07) is 25.4. The second-order valence-electron chi connectivity index (χ2n) is 8.07. The van der Waals surface area contributed by atoms with Gasteiger partial charge in [-0.05, 0) is 55.7 Å². The smallest absolute Gasteiger partial charge is 0.0370 e. The predicted octanol–water partition coefficient (Wildman–Crippen LogP) is 5.55. The van der Waals surface area contributed by atoms with E-state index in [9.17, 15) is 0 Å².